The molecule has 7 heteroatoms. The minimum atomic E-state index is 0.288. The van der Waals surface area contributed by atoms with E-state index in [1.807, 2.05) is 0 Å². The average molecular weight is 260 g/mol. The summed E-state index contributed by atoms with van der Waals surface area (Å²) >= 11 is 1.71. The fraction of sp³-hybridized carbons (Fsp3) is 0.273. The van der Waals surface area contributed by atoms with Gasteiger partial charge in [0.25, 0.3) is 0 Å². The molecule has 0 aliphatic heterocycles. The Morgan fingerprint density at radius 2 is 2.39 bits per heavy atom. The molecule has 3 aromatic rings. The molecule has 0 amide bonds. The van der Waals surface area contributed by atoms with Crippen LogP contribution in [-0.4, -0.2) is 31.1 Å². The van der Waals surface area contributed by atoms with Gasteiger partial charge in [0.2, 0.25) is 0 Å². The Morgan fingerprint density at radius 1 is 1.44 bits per heavy atom. The molecule has 0 saturated heterocycles. The lowest BCUT2D eigenvalue weighted by Crippen LogP contribution is -2.20. The van der Waals surface area contributed by atoms with Gasteiger partial charge in [-0.25, -0.2) is 0 Å². The van der Waals surface area contributed by atoms with Gasteiger partial charge in [0, 0.05) is 6.04 Å². The first kappa shape index (κ1) is 11.1. The summed E-state index contributed by atoms with van der Waals surface area (Å²) in [6.45, 7) is 2.13. The van der Waals surface area contributed by atoms with Gasteiger partial charge in [-0.3, -0.25) is 4.98 Å². The summed E-state index contributed by atoms with van der Waals surface area (Å²) in [6, 6.07) is 2.43. The monoisotopic (exact) mass is 260 g/mol. The number of nitrogens with one attached hydrogen (secondary N) is 1. The topological polar surface area (TPSA) is 68.0 Å². The van der Waals surface area contributed by atoms with Crippen LogP contribution in [0.5, 0.6) is 0 Å². The second-order valence-corrected chi connectivity index (χ2v) is 4.90. The van der Waals surface area contributed by atoms with Gasteiger partial charge in [0.05, 0.1) is 12.4 Å². The van der Waals surface area contributed by atoms with Gasteiger partial charge in [-0.05, 0) is 46.2 Å². The highest BCUT2D eigenvalue weighted by molar-refractivity contribution is 7.07. The number of hydrogen-bond acceptors (Lipinski definition) is 6. The summed E-state index contributed by atoms with van der Waals surface area (Å²) in [5.74, 6) is 0.806. The fourth-order valence-corrected chi connectivity index (χ4v) is 2.52. The lowest BCUT2D eigenvalue weighted by molar-refractivity contribution is 0.759. The SMILES string of the molecule is CC(Cc1ccsc1)Nc1cncc2nnnn12. The number of tetrazole rings is 1. The van der Waals surface area contributed by atoms with Crippen LogP contribution in [-0.2, 0) is 6.42 Å². The first-order valence-corrected chi connectivity index (χ1v) is 6.57. The Kier molecular flexibility index (Phi) is 2.89. The summed E-state index contributed by atoms with van der Waals surface area (Å²) in [7, 11) is 0. The van der Waals surface area contributed by atoms with E-state index in [0.717, 1.165) is 12.2 Å². The van der Waals surface area contributed by atoms with E-state index in [2.05, 4.69) is 49.6 Å². The van der Waals surface area contributed by atoms with E-state index in [1.165, 1.54) is 5.56 Å². The molecule has 1 atom stereocenters. The quantitative estimate of drug-likeness (QED) is 0.772. The van der Waals surface area contributed by atoms with Crippen molar-refractivity contribution in [1.82, 2.24) is 25.0 Å². The maximum atomic E-state index is 4.11. The van der Waals surface area contributed by atoms with Gasteiger partial charge in [-0.2, -0.15) is 15.9 Å². The van der Waals surface area contributed by atoms with Crippen LogP contribution in [0.3, 0.4) is 0 Å². The molecular formula is C11H12N6S. The van der Waals surface area contributed by atoms with Crippen LogP contribution in [0.15, 0.2) is 29.2 Å². The van der Waals surface area contributed by atoms with Crippen LogP contribution < -0.4 is 5.32 Å². The zero-order chi connectivity index (χ0) is 12.4. The molecule has 0 saturated carbocycles. The second-order valence-electron chi connectivity index (χ2n) is 4.12. The van der Waals surface area contributed by atoms with Crippen LogP contribution in [0, 0.1) is 0 Å². The molecule has 92 valence electrons. The third-order valence-corrected chi connectivity index (χ3v) is 3.36. The van der Waals surface area contributed by atoms with E-state index in [-0.39, 0.29) is 6.04 Å². The van der Waals surface area contributed by atoms with Gasteiger partial charge in [0.1, 0.15) is 0 Å². The van der Waals surface area contributed by atoms with Crippen LogP contribution in [0.4, 0.5) is 5.82 Å². The molecule has 0 aliphatic rings. The predicted molar refractivity (Wildman–Crippen MR) is 69.7 cm³/mol. The van der Waals surface area contributed by atoms with Crippen molar-refractivity contribution in [1.29, 1.82) is 0 Å². The van der Waals surface area contributed by atoms with Gasteiger partial charge >= 0.3 is 0 Å². The fourth-order valence-electron chi connectivity index (χ4n) is 1.84. The molecule has 18 heavy (non-hydrogen) atoms. The lowest BCUT2D eigenvalue weighted by Gasteiger charge is -2.14. The Balaban J connectivity index is 1.77. The molecule has 1 N–H and O–H groups in total. The molecule has 0 aromatic carbocycles. The third kappa shape index (κ3) is 2.17. The number of thiophene rings is 1. The minimum absolute atomic E-state index is 0.288. The number of nitrogens with zero attached hydrogens (tertiary/aromatic N) is 5. The molecule has 3 aromatic heterocycles. The minimum Gasteiger partial charge on any atom is -0.366 e. The Morgan fingerprint density at radius 3 is 3.22 bits per heavy atom. The molecule has 0 spiro atoms. The van der Waals surface area contributed by atoms with E-state index >= 15 is 0 Å². The van der Waals surface area contributed by atoms with Crippen molar-refractivity contribution in [2.24, 2.45) is 0 Å². The molecule has 3 heterocycles. The summed E-state index contributed by atoms with van der Waals surface area (Å²) in [5, 5.41) is 19.0. The molecule has 3 rings (SSSR count). The van der Waals surface area contributed by atoms with Crippen LogP contribution in [0.25, 0.3) is 5.65 Å². The van der Waals surface area contributed by atoms with Crippen molar-refractivity contribution in [3.8, 4) is 0 Å². The number of anilines is 1. The normalized spacial score (nSPS) is 12.7. The first-order chi connectivity index (χ1) is 8.83. The van der Waals surface area contributed by atoms with Gasteiger partial charge in [0.15, 0.2) is 11.5 Å². The van der Waals surface area contributed by atoms with Crippen molar-refractivity contribution in [3.05, 3.63) is 34.8 Å². The Hall–Kier alpha value is -2.02. The zero-order valence-corrected chi connectivity index (χ0v) is 10.6. The average Bonchev–Trinajstić information content (AvgIpc) is 2.99. The molecular weight excluding hydrogens is 248 g/mol. The molecule has 0 radical (unpaired) electrons. The summed E-state index contributed by atoms with van der Waals surface area (Å²) in [4.78, 5) is 4.11. The molecule has 0 fully saturated rings. The number of aromatic nitrogens is 5. The van der Waals surface area contributed by atoms with E-state index in [4.69, 9.17) is 0 Å². The second kappa shape index (κ2) is 4.69. The molecule has 1 unspecified atom stereocenters. The van der Waals surface area contributed by atoms with Crippen LogP contribution >= 0.6 is 11.3 Å². The van der Waals surface area contributed by atoms with Crippen molar-refractivity contribution in [3.63, 3.8) is 0 Å². The number of rotatable bonds is 4. The largest absolute Gasteiger partial charge is 0.366 e. The number of hydrogen-bond donors (Lipinski definition) is 1. The summed E-state index contributed by atoms with van der Waals surface area (Å²) < 4.78 is 1.65. The predicted octanol–water partition coefficient (Wildman–Crippen LogP) is 1.62. The first-order valence-electron chi connectivity index (χ1n) is 5.62. The maximum Gasteiger partial charge on any atom is 0.199 e. The van der Waals surface area contributed by atoms with Crippen LogP contribution in [0.2, 0.25) is 0 Å². The zero-order valence-electron chi connectivity index (χ0n) is 9.82. The number of fused-ring (bicyclic) bond motifs is 1. The lowest BCUT2D eigenvalue weighted by atomic mass is 10.1. The highest BCUT2D eigenvalue weighted by Gasteiger charge is 2.08. The van der Waals surface area contributed by atoms with Crippen molar-refractivity contribution < 1.29 is 0 Å². The van der Waals surface area contributed by atoms with E-state index in [1.54, 1.807) is 28.2 Å². The summed E-state index contributed by atoms with van der Waals surface area (Å²) in [6.07, 6.45) is 4.32. The molecule has 0 aliphatic carbocycles. The van der Waals surface area contributed by atoms with E-state index in [0.29, 0.717) is 5.65 Å². The van der Waals surface area contributed by atoms with Gasteiger partial charge in [-0.1, -0.05) is 0 Å². The van der Waals surface area contributed by atoms with Crippen molar-refractivity contribution in [2.45, 2.75) is 19.4 Å². The highest BCUT2D eigenvalue weighted by Crippen LogP contribution is 2.12. The standard InChI is InChI=1S/C11H12N6S/c1-8(4-9-2-3-18-7-9)13-10-5-12-6-11-14-15-16-17(10)11/h2-3,5-8,13H,4H2,1H3. The maximum absolute atomic E-state index is 4.11. The van der Waals surface area contributed by atoms with Crippen molar-refractivity contribution >= 4 is 22.8 Å². The smallest absolute Gasteiger partial charge is 0.199 e. The summed E-state index contributed by atoms with van der Waals surface area (Å²) in [5.41, 5.74) is 1.97. The van der Waals surface area contributed by atoms with E-state index in [9.17, 15) is 0 Å². The van der Waals surface area contributed by atoms with E-state index < -0.39 is 0 Å². The Bertz CT molecular complexity index is 632. The molecule has 0 bridgehead atoms. The molecule has 6 nitrogen and oxygen atoms in total. The van der Waals surface area contributed by atoms with Gasteiger partial charge < -0.3 is 5.32 Å². The third-order valence-electron chi connectivity index (χ3n) is 2.62. The Labute approximate surface area is 108 Å². The van der Waals surface area contributed by atoms with Crippen LogP contribution in [0.1, 0.15) is 12.5 Å². The van der Waals surface area contributed by atoms with Gasteiger partial charge in [-0.15, -0.1) is 5.10 Å². The highest BCUT2D eigenvalue weighted by atomic mass is 32.1. The van der Waals surface area contributed by atoms with Crippen molar-refractivity contribution in [2.75, 3.05) is 5.32 Å².